The molecule has 7 nitrogen and oxygen atoms in total. The van der Waals surface area contributed by atoms with Crippen LogP contribution < -0.4 is 5.32 Å². The van der Waals surface area contributed by atoms with Gasteiger partial charge < -0.3 is 20.3 Å². The summed E-state index contributed by atoms with van der Waals surface area (Å²) in [5.41, 5.74) is 0. The summed E-state index contributed by atoms with van der Waals surface area (Å²) in [4.78, 5) is 32.8. The van der Waals surface area contributed by atoms with Gasteiger partial charge in [-0.1, -0.05) is 0 Å². The molecule has 0 aromatic heterocycles. The van der Waals surface area contributed by atoms with E-state index >= 15 is 0 Å². The Bertz CT molecular complexity index is 310. The fourth-order valence-corrected chi connectivity index (χ4v) is 1.56. The normalized spacial score (nSPS) is 20.8. The Labute approximate surface area is 97.8 Å². The number of hydrogen-bond donors (Lipinski definition) is 3. The Morgan fingerprint density at radius 3 is 2.53 bits per heavy atom. The Hall–Kier alpha value is -1.63. The monoisotopic (exact) mass is 245 g/mol. The molecule has 0 unspecified atom stereocenters. The van der Waals surface area contributed by atoms with Gasteiger partial charge in [0.2, 0.25) is 5.91 Å². The fraction of sp³-hybridized carbons (Fsp3) is 0.700. The molecule has 96 valence electrons. The second-order valence-corrected chi connectivity index (χ2v) is 3.89. The van der Waals surface area contributed by atoms with E-state index in [2.05, 4.69) is 5.32 Å². The van der Waals surface area contributed by atoms with Crippen LogP contribution in [0.25, 0.3) is 0 Å². The first kappa shape index (κ1) is 13.4. The smallest absolute Gasteiger partial charge is 0.326 e. The van der Waals surface area contributed by atoms with Crippen LogP contribution in [0.15, 0.2) is 0 Å². The molecule has 17 heavy (non-hydrogen) atoms. The van der Waals surface area contributed by atoms with Gasteiger partial charge in [-0.2, -0.15) is 0 Å². The highest BCUT2D eigenvalue weighted by atomic mass is 16.5. The van der Waals surface area contributed by atoms with Crippen LogP contribution in [0.4, 0.5) is 0 Å². The van der Waals surface area contributed by atoms with Gasteiger partial charge in [0.25, 0.3) is 0 Å². The Morgan fingerprint density at radius 1 is 1.35 bits per heavy atom. The third-order valence-corrected chi connectivity index (χ3v) is 2.56. The number of carboxylic acids is 2. The molecule has 0 saturated carbocycles. The van der Waals surface area contributed by atoms with Gasteiger partial charge in [-0.25, -0.2) is 4.79 Å². The van der Waals surface area contributed by atoms with E-state index in [1.54, 1.807) is 0 Å². The van der Waals surface area contributed by atoms with Crippen molar-refractivity contribution in [2.75, 3.05) is 13.2 Å². The molecule has 1 aliphatic rings. The predicted octanol–water partition coefficient (Wildman–Crippen LogP) is -0.543. The van der Waals surface area contributed by atoms with Crippen LogP contribution in [0.1, 0.15) is 19.3 Å². The summed E-state index contributed by atoms with van der Waals surface area (Å²) < 4.78 is 5.02. The average Bonchev–Trinajstić information content (AvgIpc) is 2.76. The van der Waals surface area contributed by atoms with Crippen LogP contribution in [0.2, 0.25) is 0 Å². The molecule has 1 aliphatic heterocycles. The van der Waals surface area contributed by atoms with Crippen molar-refractivity contribution in [2.45, 2.75) is 25.3 Å². The van der Waals surface area contributed by atoms with E-state index in [9.17, 15) is 14.4 Å². The van der Waals surface area contributed by atoms with Gasteiger partial charge in [-0.3, -0.25) is 9.59 Å². The van der Waals surface area contributed by atoms with Gasteiger partial charge in [-0.05, 0) is 12.8 Å². The molecule has 7 heteroatoms. The van der Waals surface area contributed by atoms with Crippen molar-refractivity contribution in [2.24, 2.45) is 5.92 Å². The van der Waals surface area contributed by atoms with E-state index < -0.39 is 18.0 Å². The molecular formula is C10H15NO6. The van der Waals surface area contributed by atoms with E-state index in [0.717, 1.165) is 0 Å². The number of carbonyl (C=O) groups is 3. The summed E-state index contributed by atoms with van der Waals surface area (Å²) in [7, 11) is 0. The van der Waals surface area contributed by atoms with E-state index in [1.807, 2.05) is 0 Å². The van der Waals surface area contributed by atoms with Crippen molar-refractivity contribution in [3.63, 3.8) is 0 Å². The number of rotatable bonds is 6. The topological polar surface area (TPSA) is 113 Å². The van der Waals surface area contributed by atoms with Crippen LogP contribution in [0.3, 0.4) is 0 Å². The largest absolute Gasteiger partial charge is 0.481 e. The summed E-state index contributed by atoms with van der Waals surface area (Å²) in [6.45, 7) is 0.780. The highest BCUT2D eigenvalue weighted by Crippen LogP contribution is 2.12. The molecule has 1 fully saturated rings. The SMILES string of the molecule is O=C(O)CC[C@@H](NC(=O)[C@H]1CCOC1)C(=O)O. The van der Waals surface area contributed by atoms with Gasteiger partial charge in [0, 0.05) is 13.0 Å². The number of carbonyl (C=O) groups excluding carboxylic acids is 1. The van der Waals surface area contributed by atoms with Crippen molar-refractivity contribution in [1.29, 1.82) is 0 Å². The van der Waals surface area contributed by atoms with E-state index in [4.69, 9.17) is 14.9 Å². The average molecular weight is 245 g/mol. The van der Waals surface area contributed by atoms with Crippen molar-refractivity contribution >= 4 is 17.8 Å². The number of carboxylic acid groups (broad SMARTS) is 2. The number of ether oxygens (including phenoxy) is 1. The fourth-order valence-electron chi connectivity index (χ4n) is 1.56. The summed E-state index contributed by atoms with van der Waals surface area (Å²) in [5.74, 6) is -3.03. The predicted molar refractivity (Wildman–Crippen MR) is 55.4 cm³/mol. The maximum absolute atomic E-state index is 11.6. The summed E-state index contributed by atoms with van der Waals surface area (Å²) in [5, 5.41) is 19.6. The van der Waals surface area contributed by atoms with Gasteiger partial charge in [0.1, 0.15) is 6.04 Å². The lowest BCUT2D eigenvalue weighted by atomic mass is 10.1. The first-order chi connectivity index (χ1) is 8.00. The number of nitrogens with one attached hydrogen (secondary N) is 1. The Kier molecular flexibility index (Phi) is 4.89. The molecular weight excluding hydrogens is 230 g/mol. The zero-order valence-electron chi connectivity index (χ0n) is 9.22. The quantitative estimate of drug-likeness (QED) is 0.579. The minimum atomic E-state index is -1.22. The zero-order chi connectivity index (χ0) is 12.8. The molecule has 0 aromatic carbocycles. The summed E-state index contributed by atoms with van der Waals surface area (Å²) in [6.07, 6.45) is 0.152. The van der Waals surface area contributed by atoms with Crippen LogP contribution in [-0.2, 0) is 19.1 Å². The summed E-state index contributed by atoms with van der Waals surface area (Å²) >= 11 is 0. The zero-order valence-corrected chi connectivity index (χ0v) is 9.22. The Balaban J connectivity index is 2.44. The van der Waals surface area contributed by atoms with Crippen LogP contribution in [0, 0.1) is 5.92 Å². The van der Waals surface area contributed by atoms with Crippen LogP contribution in [0.5, 0.6) is 0 Å². The van der Waals surface area contributed by atoms with Gasteiger partial charge in [0.15, 0.2) is 0 Å². The Morgan fingerprint density at radius 2 is 2.06 bits per heavy atom. The molecule has 0 aliphatic carbocycles. The molecule has 0 aromatic rings. The molecule has 0 bridgehead atoms. The lowest BCUT2D eigenvalue weighted by molar-refractivity contribution is -0.143. The third-order valence-electron chi connectivity index (χ3n) is 2.56. The molecule has 1 saturated heterocycles. The van der Waals surface area contributed by atoms with Crippen molar-refractivity contribution < 1.29 is 29.3 Å². The second kappa shape index (κ2) is 6.19. The van der Waals surface area contributed by atoms with Crippen molar-refractivity contribution in [3.8, 4) is 0 Å². The van der Waals surface area contributed by atoms with Gasteiger partial charge in [0.05, 0.1) is 12.5 Å². The maximum Gasteiger partial charge on any atom is 0.326 e. The third kappa shape index (κ3) is 4.39. The van der Waals surface area contributed by atoms with Crippen LogP contribution in [-0.4, -0.2) is 47.3 Å². The standard InChI is InChI=1S/C10H15NO6/c12-8(13)2-1-7(10(15)16)11-9(14)6-3-4-17-5-6/h6-7H,1-5H2,(H,11,14)(H,12,13)(H,15,16)/t6-,7+/m0/s1. The maximum atomic E-state index is 11.6. The molecule has 2 atom stereocenters. The molecule has 3 N–H and O–H groups in total. The lowest BCUT2D eigenvalue weighted by Gasteiger charge is -2.15. The molecule has 1 amide bonds. The van der Waals surface area contributed by atoms with E-state index in [-0.39, 0.29) is 31.3 Å². The van der Waals surface area contributed by atoms with Crippen LogP contribution >= 0.6 is 0 Å². The molecule has 1 rings (SSSR count). The lowest BCUT2D eigenvalue weighted by Crippen LogP contribution is -2.44. The molecule has 1 heterocycles. The number of hydrogen-bond acceptors (Lipinski definition) is 4. The van der Waals surface area contributed by atoms with Crippen molar-refractivity contribution in [1.82, 2.24) is 5.32 Å². The van der Waals surface area contributed by atoms with E-state index in [1.165, 1.54) is 0 Å². The van der Waals surface area contributed by atoms with E-state index in [0.29, 0.717) is 13.0 Å². The first-order valence-corrected chi connectivity index (χ1v) is 5.33. The van der Waals surface area contributed by atoms with Gasteiger partial charge >= 0.3 is 11.9 Å². The minimum Gasteiger partial charge on any atom is -0.481 e. The minimum absolute atomic E-state index is 0.121. The van der Waals surface area contributed by atoms with Crippen molar-refractivity contribution in [3.05, 3.63) is 0 Å². The second-order valence-electron chi connectivity index (χ2n) is 3.89. The molecule has 0 spiro atoms. The number of amides is 1. The highest BCUT2D eigenvalue weighted by Gasteiger charge is 2.28. The number of aliphatic carboxylic acids is 2. The first-order valence-electron chi connectivity index (χ1n) is 5.33. The molecule has 0 radical (unpaired) electrons. The summed E-state index contributed by atoms with van der Waals surface area (Å²) in [6, 6.07) is -1.15. The highest BCUT2D eigenvalue weighted by molar-refractivity contribution is 5.85. The van der Waals surface area contributed by atoms with Gasteiger partial charge in [-0.15, -0.1) is 0 Å².